The molecule has 0 N–H and O–H groups in total. The Hall–Kier alpha value is -1.58. The zero-order valence-electron chi connectivity index (χ0n) is 10.8. The predicted molar refractivity (Wildman–Crippen MR) is 88.0 cm³/mol. The fraction of sp³-hybridized carbons (Fsp3) is 0.125. The third-order valence-electron chi connectivity index (χ3n) is 3.03. The van der Waals surface area contributed by atoms with Crippen LogP contribution in [0, 0.1) is 0 Å². The lowest BCUT2D eigenvalue weighted by Gasteiger charge is -2.12. The van der Waals surface area contributed by atoms with Crippen LogP contribution >= 0.6 is 23.4 Å². The highest BCUT2D eigenvalue weighted by Crippen LogP contribution is 2.19. The van der Waals surface area contributed by atoms with Crippen LogP contribution in [-0.2, 0) is 6.42 Å². The minimum atomic E-state index is 0.742. The van der Waals surface area contributed by atoms with Crippen LogP contribution in [0.2, 0.25) is 5.02 Å². The maximum Gasteiger partial charge on any atom is 0.101 e. The first kappa shape index (κ1) is 13.4. The fourth-order valence-corrected chi connectivity index (χ4v) is 2.99. The van der Waals surface area contributed by atoms with Gasteiger partial charge in [-0.05, 0) is 23.3 Å². The van der Waals surface area contributed by atoms with Crippen molar-refractivity contribution in [1.82, 2.24) is 0 Å². The Kier molecular flexibility index (Phi) is 4.19. The highest BCUT2D eigenvalue weighted by Gasteiger charge is 2.12. The van der Waals surface area contributed by atoms with Gasteiger partial charge in [-0.15, -0.1) is 16.9 Å². The molecule has 0 bridgehead atoms. The standard InChI is InChI=1S/C16H13ClN2S/c17-14-8-6-13(7-9-14)15-11-20-16(19-18-15)10-12-4-2-1-3-5-12/h1-9H,10-11H2. The summed E-state index contributed by atoms with van der Waals surface area (Å²) in [5.41, 5.74) is 3.36. The number of benzene rings is 2. The molecule has 2 nitrogen and oxygen atoms in total. The quantitative estimate of drug-likeness (QED) is 0.823. The summed E-state index contributed by atoms with van der Waals surface area (Å²) in [6.45, 7) is 0. The Morgan fingerprint density at radius 2 is 1.70 bits per heavy atom. The Bertz CT molecular complexity index is 648. The van der Waals surface area contributed by atoms with E-state index in [4.69, 9.17) is 11.6 Å². The van der Waals surface area contributed by atoms with Gasteiger partial charge in [0.15, 0.2) is 0 Å². The second-order valence-corrected chi connectivity index (χ2v) is 5.98. The third kappa shape index (κ3) is 3.30. The molecule has 1 aliphatic heterocycles. The van der Waals surface area contributed by atoms with Crippen molar-refractivity contribution < 1.29 is 0 Å². The average molecular weight is 301 g/mol. The molecule has 0 fully saturated rings. The second kappa shape index (κ2) is 6.25. The molecule has 0 aromatic heterocycles. The van der Waals surface area contributed by atoms with Crippen molar-refractivity contribution in [2.24, 2.45) is 10.2 Å². The van der Waals surface area contributed by atoms with Crippen molar-refractivity contribution >= 4 is 34.1 Å². The number of hydrogen-bond donors (Lipinski definition) is 0. The molecule has 3 rings (SSSR count). The predicted octanol–water partition coefficient (Wildman–Crippen LogP) is 4.43. The normalized spacial score (nSPS) is 14.7. The highest BCUT2D eigenvalue weighted by molar-refractivity contribution is 8.14. The van der Waals surface area contributed by atoms with E-state index >= 15 is 0 Å². The van der Waals surface area contributed by atoms with Crippen LogP contribution in [0.5, 0.6) is 0 Å². The number of rotatable bonds is 3. The van der Waals surface area contributed by atoms with Crippen molar-refractivity contribution in [2.75, 3.05) is 5.75 Å². The summed E-state index contributed by atoms with van der Waals surface area (Å²) in [4.78, 5) is 0. The smallest absolute Gasteiger partial charge is 0.101 e. The van der Waals surface area contributed by atoms with Crippen LogP contribution in [0.4, 0.5) is 0 Å². The first-order valence-corrected chi connectivity index (χ1v) is 7.74. The van der Waals surface area contributed by atoms with Crippen LogP contribution < -0.4 is 0 Å². The molecule has 1 heterocycles. The Balaban J connectivity index is 1.74. The molecule has 0 aliphatic carbocycles. The number of hydrogen-bond acceptors (Lipinski definition) is 3. The molecular weight excluding hydrogens is 288 g/mol. The van der Waals surface area contributed by atoms with Crippen molar-refractivity contribution in [3.63, 3.8) is 0 Å². The molecule has 0 spiro atoms. The number of halogens is 1. The highest BCUT2D eigenvalue weighted by atomic mass is 35.5. The molecule has 0 radical (unpaired) electrons. The van der Waals surface area contributed by atoms with Gasteiger partial charge in [-0.25, -0.2) is 0 Å². The van der Waals surface area contributed by atoms with Gasteiger partial charge >= 0.3 is 0 Å². The van der Waals surface area contributed by atoms with E-state index < -0.39 is 0 Å². The Labute approximate surface area is 127 Å². The molecular formula is C16H13ClN2S. The fourth-order valence-electron chi connectivity index (χ4n) is 1.97. The van der Waals surface area contributed by atoms with Gasteiger partial charge in [-0.1, -0.05) is 54.1 Å². The lowest BCUT2D eigenvalue weighted by Crippen LogP contribution is -2.12. The van der Waals surface area contributed by atoms with Gasteiger partial charge in [0.05, 0.1) is 5.71 Å². The lowest BCUT2D eigenvalue weighted by molar-refractivity contribution is 1.20. The van der Waals surface area contributed by atoms with Crippen molar-refractivity contribution in [3.05, 3.63) is 70.7 Å². The van der Waals surface area contributed by atoms with Gasteiger partial charge in [-0.2, -0.15) is 5.10 Å². The lowest BCUT2D eigenvalue weighted by atomic mass is 10.1. The molecule has 0 unspecified atom stereocenters. The minimum absolute atomic E-state index is 0.742. The zero-order chi connectivity index (χ0) is 13.8. The molecule has 20 heavy (non-hydrogen) atoms. The van der Waals surface area contributed by atoms with E-state index in [1.165, 1.54) is 5.56 Å². The van der Waals surface area contributed by atoms with Crippen LogP contribution in [0.1, 0.15) is 11.1 Å². The van der Waals surface area contributed by atoms with E-state index in [1.54, 1.807) is 11.8 Å². The van der Waals surface area contributed by atoms with Crippen molar-refractivity contribution in [3.8, 4) is 0 Å². The largest absolute Gasteiger partial charge is 0.153 e. The number of thioether (sulfide) groups is 1. The van der Waals surface area contributed by atoms with E-state index in [0.717, 1.165) is 33.5 Å². The molecule has 0 atom stereocenters. The van der Waals surface area contributed by atoms with Gasteiger partial charge < -0.3 is 0 Å². The molecule has 1 aliphatic rings. The topological polar surface area (TPSA) is 24.7 Å². The van der Waals surface area contributed by atoms with Gasteiger partial charge in [0.2, 0.25) is 0 Å². The number of nitrogens with zero attached hydrogens (tertiary/aromatic N) is 2. The van der Waals surface area contributed by atoms with Gasteiger partial charge in [0, 0.05) is 17.2 Å². The zero-order valence-corrected chi connectivity index (χ0v) is 12.4. The van der Waals surface area contributed by atoms with Crippen LogP contribution in [0.15, 0.2) is 64.8 Å². The maximum atomic E-state index is 5.89. The first-order valence-electron chi connectivity index (χ1n) is 6.37. The molecule has 4 heteroatoms. The summed E-state index contributed by atoms with van der Waals surface area (Å²) in [6.07, 6.45) is 0.850. The summed E-state index contributed by atoms with van der Waals surface area (Å²) >= 11 is 7.64. The molecule has 2 aromatic carbocycles. The SMILES string of the molecule is Clc1ccc(C2=NN=C(Cc3ccccc3)SC2)cc1. The first-order chi connectivity index (χ1) is 9.81. The molecule has 100 valence electrons. The third-order valence-corrected chi connectivity index (χ3v) is 4.26. The monoisotopic (exact) mass is 300 g/mol. The van der Waals surface area contributed by atoms with Crippen LogP contribution in [0.3, 0.4) is 0 Å². The molecule has 0 amide bonds. The van der Waals surface area contributed by atoms with Crippen molar-refractivity contribution in [2.45, 2.75) is 6.42 Å². The molecule has 0 saturated heterocycles. The summed E-state index contributed by atoms with van der Waals surface area (Å²) in [5, 5.41) is 10.5. The van der Waals surface area contributed by atoms with E-state index in [2.05, 4.69) is 22.3 Å². The minimum Gasteiger partial charge on any atom is -0.153 e. The van der Waals surface area contributed by atoms with E-state index in [0.29, 0.717) is 0 Å². The summed E-state index contributed by atoms with van der Waals surface area (Å²) in [6, 6.07) is 18.1. The average Bonchev–Trinajstić information content (AvgIpc) is 2.50. The Morgan fingerprint density at radius 1 is 0.950 bits per heavy atom. The second-order valence-electron chi connectivity index (χ2n) is 4.50. The molecule has 2 aromatic rings. The summed E-state index contributed by atoms with van der Waals surface area (Å²) in [5.74, 6) is 0.854. The van der Waals surface area contributed by atoms with E-state index in [1.807, 2.05) is 42.5 Å². The van der Waals surface area contributed by atoms with Crippen LogP contribution in [0.25, 0.3) is 0 Å². The van der Waals surface area contributed by atoms with Gasteiger partial charge in [-0.3, -0.25) is 0 Å². The van der Waals surface area contributed by atoms with Gasteiger partial charge in [0.1, 0.15) is 5.04 Å². The summed E-state index contributed by atoms with van der Waals surface area (Å²) in [7, 11) is 0. The Morgan fingerprint density at radius 3 is 2.35 bits per heavy atom. The van der Waals surface area contributed by atoms with E-state index in [9.17, 15) is 0 Å². The maximum absolute atomic E-state index is 5.89. The molecule has 0 saturated carbocycles. The van der Waals surface area contributed by atoms with E-state index in [-0.39, 0.29) is 0 Å². The van der Waals surface area contributed by atoms with Gasteiger partial charge in [0.25, 0.3) is 0 Å². The summed E-state index contributed by atoms with van der Waals surface area (Å²) < 4.78 is 0. The van der Waals surface area contributed by atoms with Crippen molar-refractivity contribution in [1.29, 1.82) is 0 Å². The van der Waals surface area contributed by atoms with Crippen LogP contribution in [-0.4, -0.2) is 16.5 Å².